The first-order valence-electron chi connectivity index (χ1n) is 12.0. The Morgan fingerprint density at radius 3 is 2.56 bits per heavy atom. The fraction of sp³-hybridized carbons (Fsp3) is 0.320. The van der Waals surface area contributed by atoms with Crippen LogP contribution in [0.25, 0.3) is 11.3 Å². The van der Waals surface area contributed by atoms with Crippen molar-refractivity contribution in [3.05, 3.63) is 70.9 Å². The van der Waals surface area contributed by atoms with Crippen LogP contribution >= 0.6 is 11.6 Å². The van der Waals surface area contributed by atoms with Crippen molar-refractivity contribution in [2.24, 2.45) is 13.0 Å². The second-order valence-corrected chi connectivity index (χ2v) is 11.5. The molecule has 0 aliphatic heterocycles. The number of imidazole rings is 1. The summed E-state index contributed by atoms with van der Waals surface area (Å²) in [6.07, 6.45) is 4.12. The van der Waals surface area contributed by atoms with Gasteiger partial charge in [0.1, 0.15) is 5.75 Å². The van der Waals surface area contributed by atoms with Crippen molar-refractivity contribution in [3.8, 4) is 17.0 Å². The molecule has 2 aromatic carbocycles. The van der Waals surface area contributed by atoms with Crippen molar-refractivity contribution in [1.82, 2.24) is 30.4 Å². The summed E-state index contributed by atoms with van der Waals surface area (Å²) < 4.78 is 46.3. The zero-order chi connectivity index (χ0) is 28.2. The minimum Gasteiger partial charge on any atom is -0.497 e. The Hall–Kier alpha value is -3.68. The van der Waals surface area contributed by atoms with Crippen LogP contribution in [0.3, 0.4) is 0 Å². The summed E-state index contributed by atoms with van der Waals surface area (Å²) in [6, 6.07) is 9.35. The van der Waals surface area contributed by atoms with Crippen LogP contribution in [-0.2, 0) is 23.6 Å². The van der Waals surface area contributed by atoms with Gasteiger partial charge in [-0.25, -0.2) is 22.6 Å². The summed E-state index contributed by atoms with van der Waals surface area (Å²) in [4.78, 5) is 30.9. The average molecular weight is 579 g/mol. The number of nitrogens with zero attached hydrogens (tertiary/aromatic N) is 2. The van der Waals surface area contributed by atoms with E-state index in [9.17, 15) is 22.4 Å². The van der Waals surface area contributed by atoms with Crippen LogP contribution in [0.15, 0.2) is 48.9 Å². The molecule has 208 valence electrons. The minimum atomic E-state index is -3.92. The number of aromatic nitrogens is 2. The molecule has 1 saturated carbocycles. The van der Waals surface area contributed by atoms with Gasteiger partial charge < -0.3 is 19.9 Å². The van der Waals surface area contributed by atoms with Gasteiger partial charge in [-0.1, -0.05) is 23.7 Å². The number of urea groups is 1. The SMILES string of the molecule is COc1ccc(CNC(=O)N[C@H]2C[C@H](CS(=O)(=O)NNC(=O)c3cc(-c4cn(C)cn4)cc(Cl)c3F)C2)cc1. The second kappa shape index (κ2) is 12.0. The number of carbonyl (C=O) groups is 2. The van der Waals surface area contributed by atoms with E-state index in [1.54, 1.807) is 37.1 Å². The standard InChI is InChI=1S/C25H28ClFN6O5S/c1-33-12-22(29-14-33)17-9-20(23(27)21(26)10-17)24(34)31-32-39(36,37)13-16-7-18(8-16)30-25(35)28-11-15-3-5-19(38-2)6-4-15/h3-6,9-10,12,14,16,18,32H,7-8,11,13H2,1-2H3,(H,31,34)(H2,28,30,35)/t16-,18-. The average Bonchev–Trinajstić information content (AvgIpc) is 3.32. The third-order valence-electron chi connectivity index (χ3n) is 6.23. The molecular formula is C25H28ClFN6O5S. The number of sulfonamides is 1. The number of hydrogen-bond donors (Lipinski definition) is 4. The lowest BCUT2D eigenvalue weighted by Crippen LogP contribution is -2.51. The maximum atomic E-state index is 14.5. The Morgan fingerprint density at radius 2 is 1.92 bits per heavy atom. The van der Waals surface area contributed by atoms with Crippen LogP contribution in [0.5, 0.6) is 5.75 Å². The highest BCUT2D eigenvalue weighted by Crippen LogP contribution is 2.29. The molecule has 14 heteroatoms. The van der Waals surface area contributed by atoms with E-state index in [2.05, 4.69) is 15.6 Å². The van der Waals surface area contributed by atoms with Gasteiger partial charge in [0, 0.05) is 31.4 Å². The van der Waals surface area contributed by atoms with Crippen molar-refractivity contribution in [2.45, 2.75) is 25.4 Å². The van der Waals surface area contributed by atoms with Crippen molar-refractivity contribution in [2.75, 3.05) is 12.9 Å². The highest BCUT2D eigenvalue weighted by Gasteiger charge is 2.34. The Bertz CT molecular complexity index is 1460. The van der Waals surface area contributed by atoms with Gasteiger partial charge in [-0.2, -0.15) is 0 Å². The smallest absolute Gasteiger partial charge is 0.315 e. The number of ether oxygens (including phenoxy) is 1. The quantitative estimate of drug-likeness (QED) is 0.272. The monoisotopic (exact) mass is 578 g/mol. The fourth-order valence-electron chi connectivity index (χ4n) is 4.16. The van der Waals surface area contributed by atoms with Gasteiger partial charge in [0.2, 0.25) is 10.0 Å². The number of hydrazine groups is 1. The number of aryl methyl sites for hydroxylation is 1. The summed E-state index contributed by atoms with van der Waals surface area (Å²) in [5, 5.41) is 5.27. The molecule has 1 fully saturated rings. The lowest BCUT2D eigenvalue weighted by Gasteiger charge is -2.35. The highest BCUT2D eigenvalue weighted by atomic mass is 35.5. The van der Waals surface area contributed by atoms with E-state index in [1.165, 1.54) is 18.5 Å². The highest BCUT2D eigenvalue weighted by molar-refractivity contribution is 7.89. The molecule has 0 bridgehead atoms. The van der Waals surface area contributed by atoms with E-state index < -0.39 is 27.3 Å². The maximum absolute atomic E-state index is 14.5. The number of benzene rings is 2. The first kappa shape index (κ1) is 28.3. The van der Waals surface area contributed by atoms with Crippen molar-refractivity contribution in [1.29, 1.82) is 0 Å². The number of nitrogens with one attached hydrogen (secondary N) is 4. The van der Waals surface area contributed by atoms with Gasteiger partial charge >= 0.3 is 6.03 Å². The van der Waals surface area contributed by atoms with E-state index in [0.29, 0.717) is 30.6 Å². The number of halogens is 2. The van der Waals surface area contributed by atoms with Gasteiger partial charge in [0.15, 0.2) is 5.82 Å². The van der Waals surface area contributed by atoms with Gasteiger partial charge in [-0.3, -0.25) is 10.2 Å². The molecule has 3 amide bonds. The van der Waals surface area contributed by atoms with Gasteiger partial charge in [0.25, 0.3) is 5.91 Å². The fourth-order valence-corrected chi connectivity index (χ4v) is 5.60. The van der Waals surface area contributed by atoms with Crippen molar-refractivity contribution in [3.63, 3.8) is 0 Å². The van der Waals surface area contributed by atoms with Gasteiger partial charge in [-0.15, -0.1) is 4.83 Å². The van der Waals surface area contributed by atoms with Gasteiger partial charge in [-0.05, 0) is 48.6 Å². The zero-order valence-electron chi connectivity index (χ0n) is 21.2. The van der Waals surface area contributed by atoms with E-state index >= 15 is 0 Å². The molecule has 1 aliphatic carbocycles. The molecule has 4 N–H and O–H groups in total. The number of rotatable bonds is 10. The third-order valence-corrected chi connectivity index (χ3v) is 7.83. The van der Waals surface area contributed by atoms with E-state index in [0.717, 1.165) is 11.3 Å². The van der Waals surface area contributed by atoms with E-state index in [-0.39, 0.29) is 28.8 Å². The topological polar surface area (TPSA) is 143 Å². The van der Waals surface area contributed by atoms with Crippen LogP contribution in [0, 0.1) is 11.7 Å². The third kappa shape index (κ3) is 7.46. The van der Waals surface area contributed by atoms with Crippen LogP contribution in [0.1, 0.15) is 28.8 Å². The van der Waals surface area contributed by atoms with Crippen LogP contribution < -0.4 is 25.6 Å². The zero-order valence-corrected chi connectivity index (χ0v) is 22.8. The lowest BCUT2D eigenvalue weighted by atomic mass is 9.82. The van der Waals surface area contributed by atoms with E-state index in [1.807, 2.05) is 22.4 Å². The summed E-state index contributed by atoms with van der Waals surface area (Å²) >= 11 is 5.95. The Morgan fingerprint density at radius 1 is 1.21 bits per heavy atom. The summed E-state index contributed by atoms with van der Waals surface area (Å²) in [7, 11) is -0.594. The molecule has 39 heavy (non-hydrogen) atoms. The predicted molar refractivity (Wildman–Crippen MR) is 143 cm³/mol. The van der Waals surface area contributed by atoms with Crippen LogP contribution in [-0.4, -0.2) is 48.8 Å². The largest absolute Gasteiger partial charge is 0.497 e. The first-order chi connectivity index (χ1) is 18.5. The molecular weight excluding hydrogens is 551 g/mol. The van der Waals surface area contributed by atoms with Gasteiger partial charge in [0.05, 0.1) is 35.5 Å². The normalized spacial score (nSPS) is 16.7. The molecule has 11 nitrogen and oxygen atoms in total. The lowest BCUT2D eigenvalue weighted by molar-refractivity contribution is 0.0940. The summed E-state index contributed by atoms with van der Waals surface area (Å²) in [5.41, 5.74) is 3.38. The van der Waals surface area contributed by atoms with Crippen molar-refractivity contribution < 1.29 is 27.1 Å². The van der Waals surface area contributed by atoms with Crippen molar-refractivity contribution >= 4 is 33.6 Å². The maximum Gasteiger partial charge on any atom is 0.315 e. The second-order valence-electron chi connectivity index (χ2n) is 9.29. The molecule has 0 spiro atoms. The van der Waals surface area contributed by atoms with E-state index in [4.69, 9.17) is 16.3 Å². The van der Waals surface area contributed by atoms with Crippen LogP contribution in [0.2, 0.25) is 5.02 Å². The molecule has 0 radical (unpaired) electrons. The minimum absolute atomic E-state index is 0.166. The predicted octanol–water partition coefficient (Wildman–Crippen LogP) is 2.73. The molecule has 4 rings (SSSR count). The van der Waals surface area contributed by atoms with Crippen LogP contribution in [0.4, 0.5) is 9.18 Å². The Balaban J connectivity index is 1.22. The summed E-state index contributed by atoms with van der Waals surface area (Å²) in [5.74, 6) is -1.75. The number of carbonyl (C=O) groups excluding carboxylic acids is 2. The molecule has 3 aromatic rings. The number of hydrogen-bond acceptors (Lipinski definition) is 6. The Kier molecular flexibility index (Phi) is 8.73. The summed E-state index contributed by atoms with van der Waals surface area (Å²) in [6.45, 7) is 0.334. The molecule has 1 aliphatic rings. The Labute approximate surface area is 230 Å². The molecule has 1 heterocycles. The number of methoxy groups -OCH3 is 1. The molecule has 0 atom stereocenters. The molecule has 0 unspecified atom stereocenters. The first-order valence-corrected chi connectivity index (χ1v) is 14.0. The molecule has 0 saturated heterocycles. The molecule has 1 aromatic heterocycles. The number of amides is 3.